The second-order valence-corrected chi connectivity index (χ2v) is 6.24. The minimum atomic E-state index is 0.461. The van der Waals surface area contributed by atoms with Gasteiger partial charge in [-0.2, -0.15) is 0 Å². The van der Waals surface area contributed by atoms with Crippen molar-refractivity contribution in [3.63, 3.8) is 0 Å². The van der Waals surface area contributed by atoms with E-state index in [1.54, 1.807) is 0 Å². The molecule has 3 heteroatoms. The summed E-state index contributed by atoms with van der Waals surface area (Å²) in [4.78, 5) is 2.82. The van der Waals surface area contributed by atoms with E-state index in [9.17, 15) is 0 Å². The van der Waals surface area contributed by atoms with E-state index in [2.05, 4.69) is 17.1 Å². The summed E-state index contributed by atoms with van der Waals surface area (Å²) in [7, 11) is 0. The Balaban J connectivity index is 1.78. The first-order valence-electron chi connectivity index (χ1n) is 7.38. The Morgan fingerprint density at radius 1 is 1.24 bits per heavy atom. The fourth-order valence-electron chi connectivity index (χ4n) is 4.00. The van der Waals surface area contributed by atoms with Gasteiger partial charge in [-0.1, -0.05) is 19.3 Å². The lowest BCUT2D eigenvalue weighted by Crippen LogP contribution is -2.67. The number of hydrogen-bond donors (Lipinski definition) is 1. The number of hydrogen-bond acceptors (Lipinski definition) is 3. The summed E-state index contributed by atoms with van der Waals surface area (Å²) in [5, 5.41) is 3.71. The molecule has 2 aliphatic heterocycles. The highest BCUT2D eigenvalue weighted by molar-refractivity contribution is 5.02. The average Bonchev–Trinajstić information content (AvgIpc) is 2.87. The molecule has 0 radical (unpaired) electrons. The van der Waals surface area contributed by atoms with Crippen molar-refractivity contribution in [1.82, 2.24) is 10.2 Å². The molecule has 0 aromatic heterocycles. The van der Waals surface area contributed by atoms with Crippen LogP contribution in [0.1, 0.15) is 45.4 Å². The predicted molar refractivity (Wildman–Crippen MR) is 69.2 cm³/mol. The fraction of sp³-hybridized carbons (Fsp3) is 1.00. The highest BCUT2D eigenvalue weighted by atomic mass is 16.5. The Morgan fingerprint density at radius 2 is 2.06 bits per heavy atom. The van der Waals surface area contributed by atoms with Crippen LogP contribution < -0.4 is 5.32 Å². The van der Waals surface area contributed by atoms with E-state index in [1.165, 1.54) is 51.6 Å². The Bertz CT molecular complexity index is 257. The Kier molecular flexibility index (Phi) is 3.42. The first kappa shape index (κ1) is 11.9. The maximum absolute atomic E-state index is 5.62. The molecule has 3 nitrogen and oxygen atoms in total. The zero-order valence-electron chi connectivity index (χ0n) is 11.1. The highest BCUT2D eigenvalue weighted by Crippen LogP contribution is 2.37. The molecule has 17 heavy (non-hydrogen) atoms. The van der Waals surface area contributed by atoms with Gasteiger partial charge in [0.25, 0.3) is 0 Å². The third-order valence-electron chi connectivity index (χ3n) is 4.99. The molecule has 0 aromatic carbocycles. The van der Waals surface area contributed by atoms with Crippen LogP contribution in [-0.4, -0.2) is 48.8 Å². The van der Waals surface area contributed by atoms with Crippen LogP contribution in [0.4, 0.5) is 0 Å². The molecule has 1 aliphatic carbocycles. The van der Waals surface area contributed by atoms with Crippen LogP contribution >= 0.6 is 0 Å². The van der Waals surface area contributed by atoms with Crippen molar-refractivity contribution < 1.29 is 4.74 Å². The SMILES string of the molecule is CC1CN(C2CCOC2)C2(CCCCC2)CN1. The van der Waals surface area contributed by atoms with Gasteiger partial charge < -0.3 is 10.1 Å². The summed E-state index contributed by atoms with van der Waals surface area (Å²) in [6.45, 7) is 6.67. The minimum absolute atomic E-state index is 0.461. The van der Waals surface area contributed by atoms with Gasteiger partial charge in [0.15, 0.2) is 0 Å². The Labute approximate surface area is 105 Å². The zero-order chi connectivity index (χ0) is 11.7. The van der Waals surface area contributed by atoms with Crippen LogP contribution in [0.3, 0.4) is 0 Å². The zero-order valence-corrected chi connectivity index (χ0v) is 11.1. The lowest BCUT2D eigenvalue weighted by Gasteiger charge is -2.53. The lowest BCUT2D eigenvalue weighted by molar-refractivity contribution is -0.0225. The van der Waals surface area contributed by atoms with Crippen molar-refractivity contribution in [2.75, 3.05) is 26.3 Å². The molecule has 3 rings (SSSR count). The summed E-state index contributed by atoms with van der Waals surface area (Å²) in [6, 6.07) is 1.33. The molecule has 0 aromatic rings. The standard InChI is InChI=1S/C14H26N2O/c1-12-9-16(13-5-8-17-10-13)14(11-15-12)6-3-2-4-7-14/h12-13,15H,2-11H2,1H3. The van der Waals surface area contributed by atoms with Crippen LogP contribution in [0, 0.1) is 0 Å². The molecule has 2 unspecified atom stereocenters. The molecule has 2 heterocycles. The molecule has 2 saturated heterocycles. The number of piperazine rings is 1. The summed E-state index contributed by atoms with van der Waals surface area (Å²) >= 11 is 0. The van der Waals surface area contributed by atoms with E-state index >= 15 is 0 Å². The quantitative estimate of drug-likeness (QED) is 0.753. The van der Waals surface area contributed by atoms with Gasteiger partial charge in [0, 0.05) is 37.3 Å². The summed E-state index contributed by atoms with van der Waals surface area (Å²) < 4.78 is 5.62. The van der Waals surface area contributed by atoms with Crippen LogP contribution in [0.15, 0.2) is 0 Å². The van der Waals surface area contributed by atoms with Crippen LogP contribution in [0.5, 0.6) is 0 Å². The van der Waals surface area contributed by atoms with Gasteiger partial charge in [-0.25, -0.2) is 0 Å². The van der Waals surface area contributed by atoms with E-state index in [1.807, 2.05) is 0 Å². The van der Waals surface area contributed by atoms with Crippen molar-refractivity contribution >= 4 is 0 Å². The van der Waals surface area contributed by atoms with Crippen molar-refractivity contribution in [2.45, 2.75) is 63.1 Å². The molecule has 3 aliphatic rings. The monoisotopic (exact) mass is 238 g/mol. The van der Waals surface area contributed by atoms with Crippen molar-refractivity contribution in [1.29, 1.82) is 0 Å². The van der Waals surface area contributed by atoms with Crippen LogP contribution in [-0.2, 0) is 4.74 Å². The van der Waals surface area contributed by atoms with Crippen LogP contribution in [0.2, 0.25) is 0 Å². The predicted octanol–water partition coefficient (Wildman–Crippen LogP) is 1.77. The molecule has 0 amide bonds. The second-order valence-electron chi connectivity index (χ2n) is 6.24. The minimum Gasteiger partial charge on any atom is -0.380 e. The van der Waals surface area contributed by atoms with Crippen LogP contribution in [0.25, 0.3) is 0 Å². The van der Waals surface area contributed by atoms with Crippen molar-refractivity contribution in [3.8, 4) is 0 Å². The lowest BCUT2D eigenvalue weighted by atomic mass is 9.77. The first-order chi connectivity index (χ1) is 8.30. The number of nitrogens with one attached hydrogen (secondary N) is 1. The molecule has 98 valence electrons. The summed E-state index contributed by atoms with van der Waals surface area (Å²) in [6.07, 6.45) is 8.30. The third kappa shape index (κ3) is 2.25. The molecular formula is C14H26N2O. The molecule has 2 atom stereocenters. The summed E-state index contributed by atoms with van der Waals surface area (Å²) in [5.74, 6) is 0. The van der Waals surface area contributed by atoms with E-state index in [-0.39, 0.29) is 0 Å². The van der Waals surface area contributed by atoms with Gasteiger partial charge >= 0.3 is 0 Å². The van der Waals surface area contributed by atoms with E-state index in [0.717, 1.165) is 13.2 Å². The molecule has 1 spiro atoms. The maximum atomic E-state index is 5.62. The molecule has 1 saturated carbocycles. The summed E-state index contributed by atoms with van der Waals surface area (Å²) in [5.41, 5.74) is 0.461. The van der Waals surface area contributed by atoms with Gasteiger partial charge in [-0.3, -0.25) is 4.90 Å². The molecular weight excluding hydrogens is 212 g/mol. The third-order valence-corrected chi connectivity index (χ3v) is 4.99. The maximum Gasteiger partial charge on any atom is 0.0622 e. The first-order valence-corrected chi connectivity index (χ1v) is 7.38. The van der Waals surface area contributed by atoms with Gasteiger partial charge in [0.1, 0.15) is 0 Å². The highest BCUT2D eigenvalue weighted by Gasteiger charge is 2.44. The Hall–Kier alpha value is -0.120. The Morgan fingerprint density at radius 3 is 2.76 bits per heavy atom. The van der Waals surface area contributed by atoms with Gasteiger partial charge in [0.2, 0.25) is 0 Å². The van der Waals surface area contributed by atoms with E-state index in [0.29, 0.717) is 17.6 Å². The van der Waals surface area contributed by atoms with E-state index < -0.39 is 0 Å². The normalized spacial score (nSPS) is 38.6. The molecule has 0 bridgehead atoms. The topological polar surface area (TPSA) is 24.5 Å². The fourth-order valence-corrected chi connectivity index (χ4v) is 4.00. The van der Waals surface area contributed by atoms with Gasteiger partial charge in [0.05, 0.1) is 6.61 Å². The average molecular weight is 238 g/mol. The molecule has 3 fully saturated rings. The van der Waals surface area contributed by atoms with Crippen molar-refractivity contribution in [3.05, 3.63) is 0 Å². The van der Waals surface area contributed by atoms with Gasteiger partial charge in [-0.05, 0) is 26.2 Å². The van der Waals surface area contributed by atoms with E-state index in [4.69, 9.17) is 4.74 Å². The number of nitrogens with zero attached hydrogens (tertiary/aromatic N) is 1. The smallest absolute Gasteiger partial charge is 0.0622 e. The molecule has 1 N–H and O–H groups in total. The van der Waals surface area contributed by atoms with Crippen molar-refractivity contribution in [2.24, 2.45) is 0 Å². The van der Waals surface area contributed by atoms with Gasteiger partial charge in [-0.15, -0.1) is 0 Å². The number of rotatable bonds is 1. The number of ether oxygens (including phenoxy) is 1. The largest absolute Gasteiger partial charge is 0.380 e. The second kappa shape index (κ2) is 4.87.